The normalized spacial score (nSPS) is 14.8. The minimum absolute atomic E-state index is 0.294. The van der Waals surface area contributed by atoms with Crippen LogP contribution in [-0.2, 0) is 6.54 Å². The molecule has 2 aromatic rings. The lowest BCUT2D eigenvalue weighted by Gasteiger charge is -2.20. The van der Waals surface area contributed by atoms with Gasteiger partial charge in [0.05, 0.1) is 17.1 Å². The molecule has 5 heteroatoms. The number of anilines is 1. The molecule has 1 aliphatic rings. The molecule has 1 saturated carbocycles. The van der Waals surface area contributed by atoms with Crippen molar-refractivity contribution in [3.05, 3.63) is 33.0 Å². The molecule has 0 radical (unpaired) electrons. The molecule has 1 aliphatic carbocycles. The van der Waals surface area contributed by atoms with Crippen LogP contribution in [0, 0.1) is 0 Å². The Morgan fingerprint density at radius 3 is 2.80 bits per heavy atom. The van der Waals surface area contributed by atoms with Gasteiger partial charge in [0, 0.05) is 10.9 Å². The first-order chi connectivity index (χ1) is 9.69. The Hall–Kier alpha value is -1.20. The number of nitrogens with zero attached hydrogens (tertiary/aromatic N) is 2. The molecule has 20 heavy (non-hydrogen) atoms. The van der Waals surface area contributed by atoms with Gasteiger partial charge in [-0.05, 0) is 30.2 Å². The maximum atomic E-state index is 11.2. The van der Waals surface area contributed by atoms with Gasteiger partial charge in [-0.1, -0.05) is 31.3 Å². The summed E-state index contributed by atoms with van der Waals surface area (Å²) in [5, 5.41) is 3.12. The van der Waals surface area contributed by atoms with E-state index in [0.29, 0.717) is 12.0 Å². The highest BCUT2D eigenvalue weighted by molar-refractivity contribution is 7.17. The van der Waals surface area contributed by atoms with Crippen molar-refractivity contribution < 1.29 is 4.79 Å². The average Bonchev–Trinajstić information content (AvgIpc) is 2.98. The van der Waals surface area contributed by atoms with Gasteiger partial charge in [0.25, 0.3) is 0 Å². The largest absolute Gasteiger partial charge is 0.340 e. The summed E-state index contributed by atoms with van der Waals surface area (Å²) in [7, 11) is 0. The maximum Gasteiger partial charge on any atom is 0.186 e. The number of thiazole rings is 1. The molecule has 0 spiro atoms. The third-order valence-corrected chi connectivity index (χ3v) is 5.36. The van der Waals surface area contributed by atoms with Gasteiger partial charge < -0.3 is 4.90 Å². The van der Waals surface area contributed by atoms with E-state index in [4.69, 9.17) is 4.98 Å². The molecule has 2 aromatic heterocycles. The third-order valence-electron chi connectivity index (χ3n) is 3.46. The van der Waals surface area contributed by atoms with Crippen LogP contribution in [0.4, 0.5) is 5.13 Å². The summed E-state index contributed by atoms with van der Waals surface area (Å²) in [5.41, 5.74) is 0.942. The van der Waals surface area contributed by atoms with E-state index in [-0.39, 0.29) is 0 Å². The van der Waals surface area contributed by atoms with E-state index < -0.39 is 0 Å². The summed E-state index contributed by atoms with van der Waals surface area (Å²) in [6.07, 6.45) is 3.42. The van der Waals surface area contributed by atoms with E-state index in [1.165, 1.54) is 29.1 Å². The van der Waals surface area contributed by atoms with Crippen LogP contribution in [0.2, 0.25) is 0 Å². The standard InChI is InChI=1S/C15H18N2OS2/c1-10(2)14-13(9-18)20-15(16-14)17(11-5-6-11)8-12-4-3-7-19-12/h3-4,7,9-11H,5-6,8H2,1-2H3. The van der Waals surface area contributed by atoms with Gasteiger partial charge in [-0.15, -0.1) is 11.3 Å². The van der Waals surface area contributed by atoms with E-state index in [1.807, 2.05) is 0 Å². The van der Waals surface area contributed by atoms with Crippen molar-refractivity contribution >= 4 is 34.1 Å². The van der Waals surface area contributed by atoms with Crippen LogP contribution in [0.3, 0.4) is 0 Å². The number of rotatable bonds is 6. The molecule has 0 bridgehead atoms. The summed E-state index contributed by atoms with van der Waals surface area (Å²) in [6, 6.07) is 4.85. The Morgan fingerprint density at radius 1 is 1.50 bits per heavy atom. The molecule has 2 heterocycles. The molecular weight excluding hydrogens is 288 g/mol. The van der Waals surface area contributed by atoms with Crippen LogP contribution in [-0.4, -0.2) is 17.3 Å². The zero-order valence-electron chi connectivity index (χ0n) is 11.7. The van der Waals surface area contributed by atoms with Gasteiger partial charge in [0.15, 0.2) is 11.4 Å². The summed E-state index contributed by atoms with van der Waals surface area (Å²) < 4.78 is 0. The summed E-state index contributed by atoms with van der Waals surface area (Å²) in [4.78, 5) is 20.5. The lowest BCUT2D eigenvalue weighted by molar-refractivity contribution is 0.112. The lowest BCUT2D eigenvalue weighted by atomic mass is 10.1. The topological polar surface area (TPSA) is 33.2 Å². The van der Waals surface area contributed by atoms with Gasteiger partial charge in [-0.2, -0.15) is 0 Å². The quantitative estimate of drug-likeness (QED) is 0.746. The van der Waals surface area contributed by atoms with Gasteiger partial charge in [-0.25, -0.2) is 4.98 Å². The predicted molar refractivity (Wildman–Crippen MR) is 85.1 cm³/mol. The van der Waals surface area contributed by atoms with Crippen molar-refractivity contribution in [2.75, 3.05) is 4.90 Å². The predicted octanol–water partition coefficient (Wildman–Crippen LogP) is 4.31. The van der Waals surface area contributed by atoms with Gasteiger partial charge in [0.1, 0.15) is 0 Å². The number of carbonyl (C=O) groups is 1. The van der Waals surface area contributed by atoms with Crippen molar-refractivity contribution in [2.45, 2.75) is 45.2 Å². The highest BCUT2D eigenvalue weighted by Gasteiger charge is 2.32. The van der Waals surface area contributed by atoms with Crippen LogP contribution < -0.4 is 4.90 Å². The molecule has 0 aliphatic heterocycles. The van der Waals surface area contributed by atoms with Crippen LogP contribution in [0.25, 0.3) is 0 Å². The fraction of sp³-hybridized carbons (Fsp3) is 0.467. The van der Waals surface area contributed by atoms with E-state index in [0.717, 1.165) is 28.5 Å². The van der Waals surface area contributed by atoms with Crippen LogP contribution in [0.1, 0.15) is 52.8 Å². The molecule has 0 atom stereocenters. The molecule has 0 amide bonds. The zero-order valence-corrected chi connectivity index (χ0v) is 13.3. The molecule has 1 fully saturated rings. The average molecular weight is 306 g/mol. The monoisotopic (exact) mass is 306 g/mol. The van der Waals surface area contributed by atoms with E-state index in [1.54, 1.807) is 11.3 Å². The summed E-state index contributed by atoms with van der Waals surface area (Å²) >= 11 is 3.32. The molecule has 0 unspecified atom stereocenters. The second-order valence-corrected chi connectivity index (χ2v) is 7.50. The van der Waals surface area contributed by atoms with E-state index >= 15 is 0 Å². The molecule has 3 rings (SSSR count). The highest BCUT2D eigenvalue weighted by Crippen LogP contribution is 2.38. The molecule has 0 saturated heterocycles. The van der Waals surface area contributed by atoms with Crippen LogP contribution in [0.15, 0.2) is 17.5 Å². The second-order valence-electron chi connectivity index (χ2n) is 5.46. The van der Waals surface area contributed by atoms with Crippen LogP contribution in [0.5, 0.6) is 0 Å². The van der Waals surface area contributed by atoms with Crippen molar-refractivity contribution in [3.63, 3.8) is 0 Å². The van der Waals surface area contributed by atoms with Gasteiger partial charge >= 0.3 is 0 Å². The Morgan fingerprint density at radius 2 is 2.30 bits per heavy atom. The third kappa shape index (κ3) is 2.79. The smallest absolute Gasteiger partial charge is 0.186 e. The van der Waals surface area contributed by atoms with Crippen molar-refractivity contribution in [1.29, 1.82) is 0 Å². The first kappa shape index (κ1) is 13.8. The number of aldehydes is 1. The minimum atomic E-state index is 0.294. The molecule has 0 N–H and O–H groups in total. The Bertz CT molecular complexity index is 585. The second kappa shape index (κ2) is 5.66. The zero-order chi connectivity index (χ0) is 14.1. The number of carbonyl (C=O) groups excluding carboxylic acids is 1. The van der Waals surface area contributed by atoms with Gasteiger partial charge in [-0.3, -0.25) is 4.79 Å². The van der Waals surface area contributed by atoms with E-state index in [2.05, 4.69) is 36.3 Å². The highest BCUT2D eigenvalue weighted by atomic mass is 32.1. The molecule has 0 aromatic carbocycles. The number of thiophene rings is 1. The Balaban J connectivity index is 1.89. The Kier molecular flexibility index (Phi) is 3.89. The Labute approximate surface area is 127 Å². The summed E-state index contributed by atoms with van der Waals surface area (Å²) in [6.45, 7) is 5.09. The molecule has 3 nitrogen and oxygen atoms in total. The maximum absolute atomic E-state index is 11.2. The number of aromatic nitrogens is 1. The SMILES string of the molecule is CC(C)c1nc(N(Cc2cccs2)C2CC2)sc1C=O. The van der Waals surface area contributed by atoms with Crippen molar-refractivity contribution in [1.82, 2.24) is 4.98 Å². The number of hydrogen-bond donors (Lipinski definition) is 0. The molecular formula is C15H18N2OS2. The van der Waals surface area contributed by atoms with Crippen LogP contribution >= 0.6 is 22.7 Å². The number of hydrogen-bond acceptors (Lipinski definition) is 5. The van der Waals surface area contributed by atoms with E-state index in [9.17, 15) is 4.79 Å². The fourth-order valence-corrected chi connectivity index (χ4v) is 4.07. The first-order valence-corrected chi connectivity index (χ1v) is 8.63. The first-order valence-electron chi connectivity index (χ1n) is 6.94. The van der Waals surface area contributed by atoms with Crippen molar-refractivity contribution in [3.8, 4) is 0 Å². The summed E-state index contributed by atoms with van der Waals surface area (Å²) in [5.74, 6) is 0.294. The minimum Gasteiger partial charge on any atom is -0.340 e. The fourth-order valence-electron chi connectivity index (χ4n) is 2.26. The van der Waals surface area contributed by atoms with Gasteiger partial charge in [0.2, 0.25) is 0 Å². The molecule has 106 valence electrons. The van der Waals surface area contributed by atoms with Crippen molar-refractivity contribution in [2.24, 2.45) is 0 Å². The lowest BCUT2D eigenvalue weighted by Crippen LogP contribution is -2.24.